The average Bonchev–Trinajstić information content (AvgIpc) is 2.11. The van der Waals surface area contributed by atoms with E-state index in [1.807, 2.05) is 26.1 Å². The predicted molar refractivity (Wildman–Crippen MR) is 55.1 cm³/mol. The highest BCUT2D eigenvalue weighted by atomic mass is 16.1. The topological polar surface area (TPSA) is 22.0 Å². The van der Waals surface area contributed by atoms with Gasteiger partial charge in [-0.25, -0.2) is 0 Å². The zero-order chi connectivity index (χ0) is 9.84. The van der Waals surface area contributed by atoms with E-state index in [1.54, 1.807) is 4.57 Å². The summed E-state index contributed by atoms with van der Waals surface area (Å²) in [6, 6.07) is 2.00. The van der Waals surface area contributed by atoms with Crippen molar-refractivity contribution in [2.24, 2.45) is 0 Å². The van der Waals surface area contributed by atoms with Crippen molar-refractivity contribution in [3.63, 3.8) is 0 Å². The van der Waals surface area contributed by atoms with Crippen LogP contribution in [0, 0.1) is 6.92 Å². The Morgan fingerprint density at radius 3 is 2.62 bits per heavy atom. The van der Waals surface area contributed by atoms with E-state index in [-0.39, 0.29) is 5.56 Å². The van der Waals surface area contributed by atoms with Crippen LogP contribution in [0.2, 0.25) is 0 Å². The Labute approximate surface area is 79.2 Å². The van der Waals surface area contributed by atoms with E-state index in [0.29, 0.717) is 0 Å². The van der Waals surface area contributed by atoms with Crippen LogP contribution in [0.4, 0.5) is 0 Å². The van der Waals surface area contributed by atoms with Gasteiger partial charge in [-0.1, -0.05) is 13.3 Å². The fraction of sp³-hybridized carbons (Fsp3) is 0.545. The molecule has 0 fully saturated rings. The molecule has 1 aromatic rings. The zero-order valence-electron chi connectivity index (χ0n) is 8.63. The van der Waals surface area contributed by atoms with Crippen molar-refractivity contribution in [1.29, 1.82) is 0 Å². The smallest absolute Gasteiger partial charge is 0.253 e. The van der Waals surface area contributed by atoms with Crippen molar-refractivity contribution in [1.82, 2.24) is 4.57 Å². The molecule has 0 aliphatic rings. The molecule has 0 saturated carbocycles. The van der Waals surface area contributed by atoms with E-state index < -0.39 is 0 Å². The van der Waals surface area contributed by atoms with Gasteiger partial charge in [-0.3, -0.25) is 4.79 Å². The molecule has 0 amide bonds. The maximum absolute atomic E-state index is 11.5. The number of aromatic nitrogens is 1. The Bertz CT molecular complexity index is 338. The van der Waals surface area contributed by atoms with Gasteiger partial charge in [0, 0.05) is 18.3 Å². The highest BCUT2D eigenvalue weighted by Gasteiger charge is 2.00. The fourth-order valence-corrected chi connectivity index (χ4v) is 1.52. The van der Waals surface area contributed by atoms with Gasteiger partial charge in [-0.05, 0) is 31.9 Å². The second-order valence-corrected chi connectivity index (χ2v) is 3.37. The third-order valence-electron chi connectivity index (χ3n) is 2.20. The van der Waals surface area contributed by atoms with Crippen LogP contribution < -0.4 is 5.56 Å². The first-order chi connectivity index (χ1) is 6.19. The first-order valence-electron chi connectivity index (χ1n) is 4.89. The lowest BCUT2D eigenvalue weighted by Gasteiger charge is -2.06. The highest BCUT2D eigenvalue weighted by Crippen LogP contribution is 2.03. The third-order valence-corrected chi connectivity index (χ3v) is 2.20. The van der Waals surface area contributed by atoms with E-state index in [2.05, 4.69) is 6.92 Å². The number of hydrogen-bond donors (Lipinski definition) is 0. The van der Waals surface area contributed by atoms with Gasteiger partial charge in [0.1, 0.15) is 0 Å². The molecule has 1 aromatic heterocycles. The van der Waals surface area contributed by atoms with E-state index >= 15 is 0 Å². The lowest BCUT2D eigenvalue weighted by atomic mass is 10.1. The van der Waals surface area contributed by atoms with Crippen LogP contribution in [0.1, 0.15) is 31.4 Å². The SMILES string of the molecule is CCCc1cc(C)c(=O)n(CC)c1. The van der Waals surface area contributed by atoms with E-state index in [0.717, 1.165) is 24.9 Å². The van der Waals surface area contributed by atoms with Crippen molar-refractivity contribution in [2.75, 3.05) is 0 Å². The molecule has 1 rings (SSSR count). The van der Waals surface area contributed by atoms with Crippen LogP contribution >= 0.6 is 0 Å². The van der Waals surface area contributed by atoms with E-state index in [9.17, 15) is 4.79 Å². The van der Waals surface area contributed by atoms with Crippen molar-refractivity contribution in [3.05, 3.63) is 33.7 Å². The molecular formula is C11H17NO. The van der Waals surface area contributed by atoms with Gasteiger partial charge in [0.2, 0.25) is 0 Å². The molecule has 2 heteroatoms. The minimum Gasteiger partial charge on any atom is -0.315 e. The number of aryl methyl sites for hydroxylation is 3. The van der Waals surface area contributed by atoms with Crippen LogP contribution in [-0.2, 0) is 13.0 Å². The maximum Gasteiger partial charge on any atom is 0.253 e. The Morgan fingerprint density at radius 2 is 2.08 bits per heavy atom. The van der Waals surface area contributed by atoms with Crippen molar-refractivity contribution in [3.8, 4) is 0 Å². The van der Waals surface area contributed by atoms with Crippen LogP contribution in [0.25, 0.3) is 0 Å². The summed E-state index contributed by atoms with van der Waals surface area (Å²) in [5, 5.41) is 0. The van der Waals surface area contributed by atoms with Crippen LogP contribution in [0.3, 0.4) is 0 Å². The quantitative estimate of drug-likeness (QED) is 0.696. The summed E-state index contributed by atoms with van der Waals surface area (Å²) in [4.78, 5) is 11.5. The van der Waals surface area contributed by atoms with Gasteiger partial charge in [-0.2, -0.15) is 0 Å². The van der Waals surface area contributed by atoms with Crippen LogP contribution in [0.5, 0.6) is 0 Å². The fourth-order valence-electron chi connectivity index (χ4n) is 1.52. The molecule has 72 valence electrons. The summed E-state index contributed by atoms with van der Waals surface area (Å²) < 4.78 is 1.78. The van der Waals surface area contributed by atoms with Gasteiger partial charge in [0.25, 0.3) is 5.56 Å². The molecule has 2 nitrogen and oxygen atoms in total. The van der Waals surface area contributed by atoms with Gasteiger partial charge < -0.3 is 4.57 Å². The second-order valence-electron chi connectivity index (χ2n) is 3.37. The van der Waals surface area contributed by atoms with Crippen LogP contribution in [-0.4, -0.2) is 4.57 Å². The summed E-state index contributed by atoms with van der Waals surface area (Å²) in [7, 11) is 0. The molecule has 0 aromatic carbocycles. The van der Waals surface area contributed by atoms with Gasteiger partial charge in [0.05, 0.1) is 0 Å². The second kappa shape index (κ2) is 4.26. The molecule has 0 radical (unpaired) electrons. The molecule has 0 spiro atoms. The number of hydrogen-bond acceptors (Lipinski definition) is 1. The average molecular weight is 179 g/mol. The van der Waals surface area contributed by atoms with E-state index in [1.165, 1.54) is 5.56 Å². The predicted octanol–water partition coefficient (Wildman–Crippen LogP) is 2.13. The van der Waals surface area contributed by atoms with Gasteiger partial charge in [0.15, 0.2) is 0 Å². The third kappa shape index (κ3) is 2.20. The first-order valence-corrected chi connectivity index (χ1v) is 4.89. The van der Waals surface area contributed by atoms with Gasteiger partial charge >= 0.3 is 0 Å². The monoisotopic (exact) mass is 179 g/mol. The van der Waals surface area contributed by atoms with E-state index in [4.69, 9.17) is 0 Å². The number of nitrogens with zero attached hydrogens (tertiary/aromatic N) is 1. The standard InChI is InChI=1S/C11H17NO/c1-4-6-10-7-9(3)11(13)12(5-2)8-10/h7-8H,4-6H2,1-3H3. The number of pyridine rings is 1. The number of rotatable bonds is 3. The Kier molecular flexibility index (Phi) is 3.29. The van der Waals surface area contributed by atoms with Crippen molar-refractivity contribution in [2.45, 2.75) is 40.2 Å². The van der Waals surface area contributed by atoms with Crippen LogP contribution in [0.15, 0.2) is 17.1 Å². The maximum atomic E-state index is 11.5. The van der Waals surface area contributed by atoms with Gasteiger partial charge in [-0.15, -0.1) is 0 Å². The lowest BCUT2D eigenvalue weighted by Crippen LogP contribution is -2.21. The summed E-state index contributed by atoms with van der Waals surface area (Å²) >= 11 is 0. The first kappa shape index (κ1) is 10.0. The Balaban J connectivity index is 3.14. The highest BCUT2D eigenvalue weighted by molar-refractivity contribution is 5.18. The summed E-state index contributed by atoms with van der Waals surface area (Å²) in [6.07, 6.45) is 4.15. The molecule has 1 heterocycles. The minimum atomic E-state index is 0.141. The summed E-state index contributed by atoms with van der Waals surface area (Å²) in [5.74, 6) is 0. The van der Waals surface area contributed by atoms with Crippen molar-refractivity contribution < 1.29 is 0 Å². The Morgan fingerprint density at radius 1 is 1.38 bits per heavy atom. The molecule has 0 aliphatic carbocycles. The molecule has 0 unspecified atom stereocenters. The summed E-state index contributed by atoms with van der Waals surface area (Å²) in [6.45, 7) is 6.79. The summed E-state index contributed by atoms with van der Waals surface area (Å²) in [5.41, 5.74) is 2.26. The molecule has 0 atom stereocenters. The Hall–Kier alpha value is -1.05. The minimum absolute atomic E-state index is 0.141. The molecular weight excluding hydrogens is 162 g/mol. The zero-order valence-corrected chi connectivity index (χ0v) is 8.63. The largest absolute Gasteiger partial charge is 0.315 e. The normalized spacial score (nSPS) is 10.4. The van der Waals surface area contributed by atoms with Crippen molar-refractivity contribution >= 4 is 0 Å². The lowest BCUT2D eigenvalue weighted by molar-refractivity contribution is 0.708. The molecule has 0 saturated heterocycles. The molecule has 0 N–H and O–H groups in total. The molecule has 0 bridgehead atoms. The molecule has 0 aliphatic heterocycles. The molecule has 13 heavy (non-hydrogen) atoms.